The first-order valence-corrected chi connectivity index (χ1v) is 21.2. The van der Waals surface area contributed by atoms with Gasteiger partial charge >= 0.3 is 17.9 Å². The average molecular weight is 954 g/mol. The number of hydrogen-bond acceptors (Lipinski definition) is 17. The average Bonchev–Trinajstić information content (AvgIpc) is 3.15. The van der Waals surface area contributed by atoms with Crippen LogP contribution in [-0.4, -0.2) is 158 Å². The number of alkyl halides is 1. The summed E-state index contributed by atoms with van der Waals surface area (Å²) in [6, 6.07) is -0.733. The van der Waals surface area contributed by atoms with Crippen LogP contribution in [0.5, 0.6) is 0 Å². The van der Waals surface area contributed by atoms with Gasteiger partial charge in [0.2, 0.25) is 0 Å². The van der Waals surface area contributed by atoms with Crippen molar-refractivity contribution >= 4 is 52.6 Å². The molecule has 0 saturated carbocycles. The maximum absolute atomic E-state index is 13.6. The number of aldehydes is 1. The van der Waals surface area contributed by atoms with Gasteiger partial charge in [0.1, 0.15) is 30.7 Å². The van der Waals surface area contributed by atoms with Gasteiger partial charge in [-0.05, 0) is 75.9 Å². The molecule has 0 aromatic carbocycles. The maximum Gasteiger partial charge on any atom is 0.309 e. The fourth-order valence-corrected chi connectivity index (χ4v) is 8.59. The Morgan fingerprint density at radius 2 is 1.51 bits per heavy atom. The maximum atomic E-state index is 13.6. The smallest absolute Gasteiger partial charge is 0.309 e. The summed E-state index contributed by atoms with van der Waals surface area (Å²) in [5.74, 6) is -4.92. The molecule has 3 aliphatic rings. The Kier molecular flexibility index (Phi) is 20.5. The molecule has 17 atom stereocenters. The normalized spacial score (nSPS) is 40.7. The van der Waals surface area contributed by atoms with Gasteiger partial charge in [-0.1, -0.05) is 31.6 Å². The van der Waals surface area contributed by atoms with E-state index >= 15 is 0 Å². The topological polar surface area (TPSA) is 212 Å². The van der Waals surface area contributed by atoms with Crippen molar-refractivity contribution in [3.63, 3.8) is 0 Å². The van der Waals surface area contributed by atoms with Crippen LogP contribution in [0.25, 0.3) is 0 Å². The van der Waals surface area contributed by atoms with Crippen molar-refractivity contribution in [3.05, 3.63) is 23.8 Å². The van der Waals surface area contributed by atoms with Crippen LogP contribution in [-0.2, 0) is 66.6 Å². The number of hydrogen-bond donors (Lipinski definition) is 2. The van der Waals surface area contributed by atoms with E-state index in [1.165, 1.54) is 34.1 Å². The van der Waals surface area contributed by atoms with Crippen LogP contribution in [0, 0.1) is 23.7 Å². The predicted octanol–water partition coefficient (Wildman–Crippen LogP) is 2.69. The van der Waals surface area contributed by atoms with Gasteiger partial charge in [-0.25, -0.2) is 0 Å². The van der Waals surface area contributed by atoms with E-state index in [9.17, 15) is 34.2 Å². The summed E-state index contributed by atoms with van der Waals surface area (Å²) >= 11 is 1.97. The first-order chi connectivity index (χ1) is 27.7. The summed E-state index contributed by atoms with van der Waals surface area (Å²) < 4.78 is 52.5. The van der Waals surface area contributed by atoms with Gasteiger partial charge in [0.05, 0.1) is 43.5 Å². The van der Waals surface area contributed by atoms with Crippen molar-refractivity contribution < 1.29 is 76.8 Å². The molecule has 0 aromatic rings. The Balaban J connectivity index is 2.00. The van der Waals surface area contributed by atoms with E-state index in [0.717, 1.165) is 0 Å². The number of rotatable bonds is 12. The van der Waals surface area contributed by atoms with Crippen LogP contribution in [0.2, 0.25) is 0 Å². The van der Waals surface area contributed by atoms with Crippen molar-refractivity contribution in [3.8, 4) is 0 Å². The molecule has 2 fully saturated rings. The van der Waals surface area contributed by atoms with Crippen molar-refractivity contribution in [1.29, 1.82) is 0 Å². The fraction of sp³-hybridized carbons (Fsp3) is 0.780. The SMILES string of the molecule is COC1C(OC)[C@H](O)C(C)O[C@H]1OCC1/C=C(C)/C=C/C(=O)[C@H](C)C[C@H](CC=O)[C@H](OC2OC(C)C(OC(C)=O)C(N(C)C)C2OC(C)=O)[C@@H](C)[C@H](O)CC(=O)O[C@@H]1I. The van der Waals surface area contributed by atoms with E-state index in [4.69, 9.17) is 42.6 Å². The van der Waals surface area contributed by atoms with Crippen LogP contribution in [0.15, 0.2) is 23.8 Å². The summed E-state index contributed by atoms with van der Waals surface area (Å²) in [6.45, 7) is 11.0. The minimum absolute atomic E-state index is 0.0298. The number of methoxy groups -OCH3 is 2. The molecule has 3 rings (SSSR count). The third-order valence-electron chi connectivity index (χ3n) is 11.1. The first kappa shape index (κ1) is 51.0. The molecule has 0 spiro atoms. The van der Waals surface area contributed by atoms with Crippen molar-refractivity contribution in [2.45, 2.75) is 145 Å². The molecule has 59 heavy (non-hydrogen) atoms. The van der Waals surface area contributed by atoms with E-state index in [1.54, 1.807) is 65.8 Å². The van der Waals surface area contributed by atoms with Crippen LogP contribution in [0.1, 0.15) is 67.7 Å². The molecule has 0 aromatic heterocycles. The lowest BCUT2D eigenvalue weighted by atomic mass is 9.79. The Bertz CT molecular complexity index is 1480. The van der Waals surface area contributed by atoms with E-state index in [-0.39, 0.29) is 25.2 Å². The first-order valence-electron chi connectivity index (χ1n) is 19.9. The fourth-order valence-electron chi connectivity index (χ4n) is 7.89. The molecular formula is C41H64INO16. The van der Waals surface area contributed by atoms with E-state index in [1.807, 2.05) is 22.6 Å². The summed E-state index contributed by atoms with van der Waals surface area (Å²) in [5, 5.41) is 22.3. The molecule has 0 aliphatic carbocycles. The molecule has 0 bridgehead atoms. The highest BCUT2D eigenvalue weighted by atomic mass is 127. The van der Waals surface area contributed by atoms with E-state index < -0.39 is 126 Å². The third-order valence-corrected chi connectivity index (χ3v) is 12.3. The number of cyclic esters (lactones) is 1. The highest BCUT2D eigenvalue weighted by Crippen LogP contribution is 2.36. The van der Waals surface area contributed by atoms with Crippen molar-refractivity contribution in [2.75, 3.05) is 34.9 Å². The third kappa shape index (κ3) is 14.1. The molecule has 3 aliphatic heterocycles. The monoisotopic (exact) mass is 953 g/mol. The van der Waals surface area contributed by atoms with Crippen LogP contribution in [0.3, 0.4) is 0 Å². The lowest BCUT2D eigenvalue weighted by Crippen LogP contribution is -2.65. The molecular weight excluding hydrogens is 889 g/mol. The highest BCUT2D eigenvalue weighted by Gasteiger charge is 2.52. The Labute approximate surface area is 360 Å². The number of likely N-dealkylation sites (N-methyl/N-ethyl adjacent to an activating group) is 1. The number of carbonyl (C=O) groups is 5. The molecule has 18 heteroatoms. The number of halogens is 1. The lowest BCUT2D eigenvalue weighted by molar-refractivity contribution is -0.308. The molecule has 2 saturated heterocycles. The number of aliphatic hydroxyl groups excluding tert-OH is 2. The number of allylic oxidation sites excluding steroid dienone is 3. The van der Waals surface area contributed by atoms with Crippen LogP contribution >= 0.6 is 22.6 Å². The van der Waals surface area contributed by atoms with Gasteiger partial charge in [0.25, 0.3) is 0 Å². The summed E-state index contributed by atoms with van der Waals surface area (Å²) in [6.07, 6.45) is -5.29. The number of nitrogens with zero attached hydrogens (tertiary/aromatic N) is 1. The van der Waals surface area contributed by atoms with Gasteiger partial charge < -0.3 is 57.6 Å². The van der Waals surface area contributed by atoms with Crippen molar-refractivity contribution in [1.82, 2.24) is 4.90 Å². The van der Waals surface area contributed by atoms with E-state index in [0.29, 0.717) is 11.9 Å². The van der Waals surface area contributed by atoms with Gasteiger partial charge in [-0.3, -0.25) is 24.1 Å². The Morgan fingerprint density at radius 1 is 0.898 bits per heavy atom. The van der Waals surface area contributed by atoms with Gasteiger partial charge in [0.15, 0.2) is 28.6 Å². The van der Waals surface area contributed by atoms with Crippen LogP contribution < -0.4 is 0 Å². The largest absolute Gasteiger partial charge is 0.458 e. The van der Waals surface area contributed by atoms with E-state index in [2.05, 4.69) is 0 Å². The summed E-state index contributed by atoms with van der Waals surface area (Å²) in [5.41, 5.74) is 0.664. The zero-order chi connectivity index (χ0) is 44.3. The van der Waals surface area contributed by atoms with Crippen molar-refractivity contribution in [2.24, 2.45) is 23.7 Å². The van der Waals surface area contributed by atoms with Gasteiger partial charge in [-0.2, -0.15) is 0 Å². The quantitative estimate of drug-likeness (QED) is 0.0947. The predicted molar refractivity (Wildman–Crippen MR) is 219 cm³/mol. The molecule has 0 amide bonds. The second kappa shape index (κ2) is 23.7. The molecule has 336 valence electrons. The number of ketones is 1. The molecule has 3 heterocycles. The Morgan fingerprint density at radius 3 is 2.08 bits per heavy atom. The number of esters is 3. The second-order valence-electron chi connectivity index (χ2n) is 15.9. The zero-order valence-electron chi connectivity index (χ0n) is 35.9. The number of carbonyl (C=O) groups excluding carboxylic acids is 5. The minimum atomic E-state index is -1.38. The highest BCUT2D eigenvalue weighted by molar-refractivity contribution is 14.1. The summed E-state index contributed by atoms with van der Waals surface area (Å²) in [4.78, 5) is 65.8. The zero-order valence-corrected chi connectivity index (χ0v) is 38.0. The summed E-state index contributed by atoms with van der Waals surface area (Å²) in [7, 11) is 6.36. The van der Waals surface area contributed by atoms with Gasteiger partial charge in [-0.15, -0.1) is 0 Å². The lowest BCUT2D eigenvalue weighted by Gasteiger charge is -2.48. The Hall–Kier alpha value is -2.40. The molecule has 9 unspecified atom stereocenters. The molecule has 17 nitrogen and oxygen atoms in total. The minimum Gasteiger partial charge on any atom is -0.458 e. The molecule has 2 N–H and O–H groups in total. The molecule has 0 radical (unpaired) electrons. The second-order valence-corrected chi connectivity index (χ2v) is 17.2. The number of aliphatic hydroxyl groups is 2. The van der Waals surface area contributed by atoms with Crippen LogP contribution in [0.4, 0.5) is 0 Å². The van der Waals surface area contributed by atoms with Gasteiger partial charge in [0, 0.05) is 52.2 Å². The number of ether oxygens (including phenoxy) is 9. The standard InChI is InChI=1S/C41H64INO16/c1-20-12-13-29(47)21(2)17-27(14-15-44)34(59-41-36(57-26(7)46)32(43(8)9)35(24(5)55-41)56-25(6)45)22(3)30(48)18-31(49)58-39(42)28(16-20)19-53-40-38(52-11)37(51-10)33(50)23(4)54-40/h12-13,15-16,21-24,27-28,30,32-41,48,50H,14,17-19H2,1-11H3/b13-12+,20-16+/t21-,22+,23?,24?,27+,28?,30-,32?,33-,34-,35?,36?,37?,38?,39+,40-,41?/m1/s1.